The van der Waals surface area contributed by atoms with E-state index in [2.05, 4.69) is 17.9 Å². The number of anilines is 1. The van der Waals surface area contributed by atoms with Gasteiger partial charge in [0, 0.05) is 5.69 Å². The van der Waals surface area contributed by atoms with Crippen LogP contribution in [0, 0.1) is 12.7 Å². The fourth-order valence-electron chi connectivity index (χ4n) is 0.957. The average Bonchev–Trinajstić information content (AvgIpc) is 2.09. The number of carbonyl (C=O) groups is 1. The van der Waals surface area contributed by atoms with Gasteiger partial charge in [-0.05, 0) is 30.7 Å². The lowest BCUT2D eigenvalue weighted by Crippen LogP contribution is -2.13. The van der Waals surface area contributed by atoms with Crippen molar-refractivity contribution in [2.75, 3.05) is 11.1 Å². The van der Waals surface area contributed by atoms with Gasteiger partial charge in [0.2, 0.25) is 5.91 Å². The van der Waals surface area contributed by atoms with Crippen molar-refractivity contribution in [1.82, 2.24) is 0 Å². The lowest BCUT2D eigenvalue weighted by molar-refractivity contribution is -0.113. The molecule has 1 aromatic rings. The van der Waals surface area contributed by atoms with Crippen molar-refractivity contribution in [2.45, 2.75) is 6.92 Å². The molecule has 1 amide bonds. The Labute approximate surface area is 81.6 Å². The molecule has 0 aliphatic heterocycles. The maximum absolute atomic E-state index is 12.6. The van der Waals surface area contributed by atoms with Crippen LogP contribution in [0.25, 0.3) is 0 Å². The summed E-state index contributed by atoms with van der Waals surface area (Å²) in [5.41, 5.74) is 1.33. The van der Waals surface area contributed by atoms with Gasteiger partial charge in [-0.1, -0.05) is 0 Å². The number of amides is 1. The molecule has 70 valence electrons. The number of halogens is 1. The van der Waals surface area contributed by atoms with E-state index in [1.165, 1.54) is 18.2 Å². The zero-order chi connectivity index (χ0) is 9.84. The van der Waals surface area contributed by atoms with Gasteiger partial charge in [0.05, 0.1) is 5.75 Å². The van der Waals surface area contributed by atoms with Gasteiger partial charge in [0.25, 0.3) is 0 Å². The van der Waals surface area contributed by atoms with Gasteiger partial charge < -0.3 is 5.32 Å². The second kappa shape index (κ2) is 4.28. The van der Waals surface area contributed by atoms with Gasteiger partial charge in [-0.25, -0.2) is 4.39 Å². The summed E-state index contributed by atoms with van der Waals surface area (Å²) < 4.78 is 12.6. The van der Waals surface area contributed by atoms with Crippen molar-refractivity contribution in [3.8, 4) is 0 Å². The van der Waals surface area contributed by atoms with Gasteiger partial charge in [0.15, 0.2) is 0 Å². The van der Waals surface area contributed by atoms with Crippen LogP contribution in [0.1, 0.15) is 5.56 Å². The maximum Gasteiger partial charge on any atom is 0.234 e. The number of hydrogen-bond donors (Lipinski definition) is 2. The molecule has 0 aliphatic rings. The molecule has 0 atom stereocenters. The summed E-state index contributed by atoms with van der Waals surface area (Å²) in [5.74, 6) is -0.379. The van der Waals surface area contributed by atoms with Crippen molar-refractivity contribution in [3.63, 3.8) is 0 Å². The van der Waals surface area contributed by atoms with Crippen LogP contribution in [0.5, 0.6) is 0 Å². The lowest BCUT2D eigenvalue weighted by Gasteiger charge is -2.06. The van der Waals surface area contributed by atoms with Crippen LogP contribution in [0.4, 0.5) is 10.1 Å². The summed E-state index contributed by atoms with van der Waals surface area (Å²) in [5, 5.41) is 2.61. The number of hydrogen-bond acceptors (Lipinski definition) is 2. The fourth-order valence-corrected chi connectivity index (χ4v) is 1.04. The van der Waals surface area contributed by atoms with Crippen LogP contribution >= 0.6 is 12.6 Å². The van der Waals surface area contributed by atoms with E-state index >= 15 is 0 Å². The highest BCUT2D eigenvalue weighted by Gasteiger charge is 2.02. The van der Waals surface area contributed by atoms with Crippen molar-refractivity contribution in [2.24, 2.45) is 0 Å². The van der Waals surface area contributed by atoms with Gasteiger partial charge >= 0.3 is 0 Å². The Morgan fingerprint density at radius 1 is 1.62 bits per heavy atom. The first kappa shape index (κ1) is 10.1. The molecule has 1 aromatic carbocycles. The van der Waals surface area contributed by atoms with E-state index in [4.69, 9.17) is 0 Å². The van der Waals surface area contributed by atoms with Crippen molar-refractivity contribution in [3.05, 3.63) is 29.6 Å². The van der Waals surface area contributed by atoms with Crippen LogP contribution in [0.3, 0.4) is 0 Å². The highest BCUT2D eigenvalue weighted by molar-refractivity contribution is 7.81. The van der Waals surface area contributed by atoms with Crippen LogP contribution in [-0.2, 0) is 4.79 Å². The van der Waals surface area contributed by atoms with Crippen molar-refractivity contribution < 1.29 is 9.18 Å². The summed E-state index contributed by atoms with van der Waals surface area (Å²) in [7, 11) is 0. The molecule has 0 radical (unpaired) electrons. The summed E-state index contributed by atoms with van der Waals surface area (Å²) in [6, 6.07) is 4.21. The topological polar surface area (TPSA) is 29.1 Å². The molecular formula is C9H10FNOS. The summed E-state index contributed by atoms with van der Waals surface area (Å²) in [4.78, 5) is 10.9. The Kier molecular flexibility index (Phi) is 3.31. The number of thiol groups is 1. The Hall–Kier alpha value is -1.03. The quantitative estimate of drug-likeness (QED) is 0.701. The third-order valence-electron chi connectivity index (χ3n) is 1.61. The van der Waals surface area contributed by atoms with E-state index < -0.39 is 0 Å². The molecule has 0 heterocycles. The Bertz CT molecular complexity index is 327. The first-order valence-corrected chi connectivity index (χ1v) is 4.43. The highest BCUT2D eigenvalue weighted by atomic mass is 32.1. The molecule has 13 heavy (non-hydrogen) atoms. The Morgan fingerprint density at radius 3 is 2.85 bits per heavy atom. The number of rotatable bonds is 2. The second-order valence-corrected chi connectivity index (χ2v) is 2.98. The molecule has 1 rings (SSSR count). The van der Waals surface area contributed by atoms with Crippen molar-refractivity contribution in [1.29, 1.82) is 0 Å². The predicted octanol–water partition coefficient (Wildman–Crippen LogP) is 2.00. The van der Waals surface area contributed by atoms with Gasteiger partial charge in [-0.15, -0.1) is 0 Å². The number of benzene rings is 1. The largest absolute Gasteiger partial charge is 0.325 e. The molecule has 0 unspecified atom stereocenters. The Balaban J connectivity index is 2.83. The minimum absolute atomic E-state index is 0.122. The highest BCUT2D eigenvalue weighted by Crippen LogP contribution is 2.15. The SMILES string of the molecule is Cc1cc(F)ccc1NC(=O)CS. The zero-order valence-electron chi connectivity index (χ0n) is 7.17. The van der Waals surface area contributed by atoms with E-state index in [0.717, 1.165) is 0 Å². The van der Waals surface area contributed by atoms with Crippen LogP contribution in [0.2, 0.25) is 0 Å². The minimum atomic E-state index is -0.304. The molecule has 2 nitrogen and oxygen atoms in total. The monoisotopic (exact) mass is 199 g/mol. The molecule has 0 aromatic heterocycles. The van der Waals surface area contributed by atoms with Crippen molar-refractivity contribution >= 4 is 24.2 Å². The van der Waals surface area contributed by atoms with Crippen LogP contribution in [-0.4, -0.2) is 11.7 Å². The molecular weight excluding hydrogens is 189 g/mol. The first-order valence-electron chi connectivity index (χ1n) is 3.80. The third-order valence-corrected chi connectivity index (χ3v) is 1.89. The second-order valence-electron chi connectivity index (χ2n) is 2.67. The third kappa shape index (κ3) is 2.73. The average molecular weight is 199 g/mol. The summed E-state index contributed by atoms with van der Waals surface area (Å²) in [6.07, 6.45) is 0. The van der Waals surface area contributed by atoms with E-state index in [9.17, 15) is 9.18 Å². The molecule has 0 saturated carbocycles. The number of aryl methyl sites for hydroxylation is 1. The van der Waals surface area contributed by atoms with Crippen LogP contribution in [0.15, 0.2) is 18.2 Å². The van der Waals surface area contributed by atoms with Gasteiger partial charge in [0.1, 0.15) is 5.82 Å². The lowest BCUT2D eigenvalue weighted by atomic mass is 10.2. The molecule has 1 N–H and O–H groups in total. The van der Waals surface area contributed by atoms with E-state index in [-0.39, 0.29) is 17.5 Å². The molecule has 0 bridgehead atoms. The number of carbonyl (C=O) groups excluding carboxylic acids is 1. The molecule has 4 heteroatoms. The Morgan fingerprint density at radius 2 is 2.31 bits per heavy atom. The summed E-state index contributed by atoms with van der Waals surface area (Å²) >= 11 is 3.81. The molecule has 0 aliphatic carbocycles. The zero-order valence-corrected chi connectivity index (χ0v) is 8.07. The van der Waals surface area contributed by atoms with Crippen LogP contribution < -0.4 is 5.32 Å². The molecule has 0 fully saturated rings. The smallest absolute Gasteiger partial charge is 0.234 e. The predicted molar refractivity (Wildman–Crippen MR) is 53.6 cm³/mol. The van der Waals surface area contributed by atoms with E-state index in [1.54, 1.807) is 6.92 Å². The first-order chi connectivity index (χ1) is 6.13. The van der Waals surface area contributed by atoms with E-state index in [1.807, 2.05) is 0 Å². The summed E-state index contributed by atoms with van der Waals surface area (Å²) in [6.45, 7) is 1.73. The maximum atomic E-state index is 12.6. The normalized spacial score (nSPS) is 9.77. The standard InChI is InChI=1S/C9H10FNOS/c1-6-4-7(10)2-3-8(6)11-9(12)5-13/h2-4,13H,5H2,1H3,(H,11,12). The molecule has 0 saturated heterocycles. The molecule has 0 spiro atoms. The minimum Gasteiger partial charge on any atom is -0.325 e. The van der Waals surface area contributed by atoms with E-state index in [0.29, 0.717) is 11.3 Å². The van der Waals surface area contributed by atoms with Gasteiger partial charge in [-0.2, -0.15) is 12.6 Å². The van der Waals surface area contributed by atoms with Gasteiger partial charge in [-0.3, -0.25) is 4.79 Å². The fraction of sp³-hybridized carbons (Fsp3) is 0.222. The number of nitrogens with one attached hydrogen (secondary N) is 1.